The van der Waals surface area contributed by atoms with Crippen LogP contribution < -0.4 is 9.61 Å². The Hall–Kier alpha value is -3.04. The summed E-state index contributed by atoms with van der Waals surface area (Å²) in [7, 11) is -2.90. The van der Waals surface area contributed by atoms with Gasteiger partial charge in [0.2, 0.25) is 5.91 Å². The van der Waals surface area contributed by atoms with Gasteiger partial charge in [-0.3, -0.25) is 9.36 Å². The van der Waals surface area contributed by atoms with Crippen LogP contribution in [0.5, 0.6) is 5.75 Å². The lowest BCUT2D eigenvalue weighted by atomic mass is 10.1. The van der Waals surface area contributed by atoms with Gasteiger partial charge in [0.25, 0.3) is 0 Å². The monoisotopic (exact) mass is 563 g/mol. The van der Waals surface area contributed by atoms with Crippen molar-refractivity contribution < 1.29 is 37.3 Å². The first-order chi connectivity index (χ1) is 18.0. The quantitative estimate of drug-likeness (QED) is 0.144. The largest absolute Gasteiger partial charge is 0.461 e. The van der Waals surface area contributed by atoms with Crippen molar-refractivity contribution in [3.63, 3.8) is 0 Å². The van der Waals surface area contributed by atoms with Crippen LogP contribution in [0.3, 0.4) is 0 Å². The number of methoxy groups -OCH3 is 1. The number of nitrogens with one attached hydrogen (secondary N) is 1. The molecule has 0 aliphatic heterocycles. The Morgan fingerprint density at radius 2 is 1.87 bits per heavy atom. The van der Waals surface area contributed by atoms with Crippen molar-refractivity contribution >= 4 is 40.9 Å². The van der Waals surface area contributed by atoms with Gasteiger partial charge >= 0.3 is 19.5 Å². The van der Waals surface area contributed by atoms with Crippen molar-refractivity contribution in [2.24, 2.45) is 0 Å². The number of para-hydroxylation sites is 1. The van der Waals surface area contributed by atoms with E-state index in [-0.39, 0.29) is 24.5 Å². The maximum absolute atomic E-state index is 16.1. The van der Waals surface area contributed by atoms with Gasteiger partial charge in [-0.15, -0.1) is 11.3 Å². The second-order valence-electron chi connectivity index (χ2n) is 9.05. The minimum atomic E-state index is -4.39. The molecular weight excluding hydrogens is 532 g/mol. The van der Waals surface area contributed by atoms with Crippen molar-refractivity contribution in [1.29, 1.82) is 0 Å². The Morgan fingerprint density at radius 1 is 1.16 bits per heavy atom. The third-order valence-electron chi connectivity index (χ3n) is 5.47. The number of alkyl halides is 1. The van der Waals surface area contributed by atoms with E-state index in [1.54, 1.807) is 44.2 Å². The highest BCUT2D eigenvalue weighted by atomic mass is 32.1. The zero-order chi connectivity index (χ0) is 27.9. The van der Waals surface area contributed by atoms with Crippen LogP contribution in [-0.2, 0) is 23.6 Å². The zero-order valence-electron chi connectivity index (χ0n) is 21.6. The SMILES string of the molecule is C=CCOC(=O)c1cc2cc(C(F)P(=O)(NC(C)C(=O)OCC(C)(C)OC)Oc3ccccc3)ccc2s1. The Morgan fingerprint density at radius 3 is 2.53 bits per heavy atom. The number of carbonyl (C=O) groups excluding carboxylic acids is 2. The van der Waals surface area contributed by atoms with E-state index in [2.05, 4.69) is 11.7 Å². The summed E-state index contributed by atoms with van der Waals surface area (Å²) in [5.74, 6) is -3.24. The predicted octanol–water partition coefficient (Wildman–Crippen LogP) is 6.43. The second kappa shape index (κ2) is 12.7. The Kier molecular flexibility index (Phi) is 9.84. The Labute approximate surface area is 225 Å². The summed E-state index contributed by atoms with van der Waals surface area (Å²) >= 11 is 1.19. The van der Waals surface area contributed by atoms with Gasteiger partial charge < -0.3 is 18.7 Å². The lowest BCUT2D eigenvalue weighted by Crippen LogP contribution is -2.38. The summed E-state index contributed by atoms with van der Waals surface area (Å²) in [5, 5.41) is 3.12. The fourth-order valence-electron chi connectivity index (χ4n) is 3.24. The van der Waals surface area contributed by atoms with Crippen LogP contribution in [0.2, 0.25) is 0 Å². The highest BCUT2D eigenvalue weighted by Crippen LogP contribution is 2.58. The number of benzene rings is 2. The van der Waals surface area contributed by atoms with E-state index >= 15 is 4.39 Å². The number of thiophene rings is 1. The van der Waals surface area contributed by atoms with E-state index < -0.39 is 37.0 Å². The standard InChI is InChI=1S/C27H31FNO7PS/c1-6-14-34-26(31)23-16-20-15-19(12-13-22(20)38-23)24(28)37(32,36-21-10-8-7-9-11-21)29-18(2)25(30)35-17-27(3,4)33-5/h6-13,15-16,18,24H,1,14,17H2,2-5H3,(H,29,32). The molecule has 1 aromatic heterocycles. The molecule has 38 heavy (non-hydrogen) atoms. The van der Waals surface area contributed by atoms with Gasteiger partial charge in [-0.25, -0.2) is 14.3 Å². The first kappa shape index (κ1) is 29.5. The minimum Gasteiger partial charge on any atom is -0.461 e. The number of hydrogen-bond donors (Lipinski definition) is 1. The molecular formula is C27H31FNO7PS. The van der Waals surface area contributed by atoms with Gasteiger partial charge in [-0.05, 0) is 62.1 Å². The molecule has 1 N–H and O–H groups in total. The molecule has 8 nitrogen and oxygen atoms in total. The zero-order valence-corrected chi connectivity index (χ0v) is 23.4. The Bertz CT molecular complexity index is 1330. The first-order valence-electron chi connectivity index (χ1n) is 11.8. The maximum atomic E-state index is 16.1. The molecule has 0 aliphatic carbocycles. The molecule has 204 valence electrons. The van der Waals surface area contributed by atoms with Crippen molar-refractivity contribution in [2.75, 3.05) is 20.3 Å². The number of ether oxygens (including phenoxy) is 3. The third-order valence-corrected chi connectivity index (χ3v) is 8.69. The molecule has 0 saturated carbocycles. The highest BCUT2D eigenvalue weighted by Gasteiger charge is 2.41. The van der Waals surface area contributed by atoms with E-state index in [4.69, 9.17) is 18.7 Å². The van der Waals surface area contributed by atoms with Crippen molar-refractivity contribution in [3.8, 4) is 5.75 Å². The second-order valence-corrected chi connectivity index (χ2v) is 12.2. The van der Waals surface area contributed by atoms with Crippen LogP contribution in [0.15, 0.2) is 67.3 Å². The van der Waals surface area contributed by atoms with Crippen LogP contribution in [-0.4, -0.2) is 43.9 Å². The third kappa shape index (κ3) is 7.51. The number of halogens is 1. The molecule has 3 atom stereocenters. The summed E-state index contributed by atoms with van der Waals surface area (Å²) in [5.41, 5.74) is -0.677. The van der Waals surface area contributed by atoms with Crippen LogP contribution in [0.25, 0.3) is 10.1 Å². The van der Waals surface area contributed by atoms with Gasteiger partial charge in [0.1, 0.15) is 29.9 Å². The van der Waals surface area contributed by atoms with Gasteiger partial charge in [-0.1, -0.05) is 36.9 Å². The number of fused-ring (bicyclic) bond motifs is 1. The average molecular weight is 564 g/mol. The average Bonchev–Trinajstić information content (AvgIpc) is 3.34. The first-order valence-corrected chi connectivity index (χ1v) is 14.3. The molecule has 3 rings (SSSR count). The molecule has 0 amide bonds. The molecule has 2 aromatic carbocycles. The van der Waals surface area contributed by atoms with E-state index in [1.807, 2.05) is 0 Å². The predicted molar refractivity (Wildman–Crippen MR) is 145 cm³/mol. The highest BCUT2D eigenvalue weighted by molar-refractivity contribution is 7.57. The minimum absolute atomic E-state index is 0.0501. The molecule has 0 radical (unpaired) electrons. The van der Waals surface area contributed by atoms with Crippen LogP contribution >= 0.6 is 18.9 Å². The molecule has 0 aliphatic rings. The summed E-state index contributed by atoms with van der Waals surface area (Å²) in [6, 6.07) is 13.1. The topological polar surface area (TPSA) is 100 Å². The molecule has 3 unspecified atom stereocenters. The number of rotatable bonds is 13. The van der Waals surface area contributed by atoms with Crippen LogP contribution in [0, 0.1) is 0 Å². The number of hydrogen-bond acceptors (Lipinski definition) is 8. The maximum Gasteiger partial charge on any atom is 0.355 e. The van der Waals surface area contributed by atoms with Gasteiger partial charge in [-0.2, -0.15) is 0 Å². The summed E-state index contributed by atoms with van der Waals surface area (Å²) in [4.78, 5) is 25.2. The molecule has 3 aromatic rings. The number of carbonyl (C=O) groups is 2. The summed E-state index contributed by atoms with van der Waals surface area (Å²) < 4.78 is 52.0. The Balaban J connectivity index is 1.88. The molecule has 0 fully saturated rings. The van der Waals surface area contributed by atoms with E-state index in [0.717, 1.165) is 4.70 Å². The van der Waals surface area contributed by atoms with E-state index in [9.17, 15) is 14.2 Å². The van der Waals surface area contributed by atoms with Gasteiger partial charge in [0.05, 0.1) is 5.60 Å². The molecule has 1 heterocycles. The normalized spacial score (nSPS) is 14.8. The smallest absolute Gasteiger partial charge is 0.355 e. The molecule has 0 spiro atoms. The summed E-state index contributed by atoms with van der Waals surface area (Å²) in [6.07, 6.45) is 1.46. The van der Waals surface area contributed by atoms with Gasteiger partial charge in [0.15, 0.2) is 0 Å². The fraction of sp³-hybridized carbons (Fsp3) is 0.333. The molecule has 0 saturated heterocycles. The lowest BCUT2D eigenvalue weighted by molar-refractivity contribution is -0.152. The van der Waals surface area contributed by atoms with Gasteiger partial charge in [0, 0.05) is 11.8 Å². The van der Waals surface area contributed by atoms with Crippen LogP contribution in [0.4, 0.5) is 4.39 Å². The van der Waals surface area contributed by atoms with Crippen LogP contribution in [0.1, 0.15) is 41.9 Å². The molecule has 0 bridgehead atoms. The summed E-state index contributed by atoms with van der Waals surface area (Å²) in [6.45, 7) is 8.43. The number of esters is 2. The fourth-order valence-corrected chi connectivity index (χ4v) is 6.09. The lowest BCUT2D eigenvalue weighted by Gasteiger charge is -2.27. The van der Waals surface area contributed by atoms with E-state index in [0.29, 0.717) is 10.3 Å². The molecule has 11 heteroatoms. The van der Waals surface area contributed by atoms with E-state index in [1.165, 1.54) is 55.7 Å². The van der Waals surface area contributed by atoms with Crippen molar-refractivity contribution in [1.82, 2.24) is 5.09 Å². The van der Waals surface area contributed by atoms with Crippen molar-refractivity contribution in [2.45, 2.75) is 38.3 Å². The van der Waals surface area contributed by atoms with Crippen molar-refractivity contribution in [3.05, 3.63) is 77.7 Å².